The molecule has 0 aromatic carbocycles. The van der Waals surface area contributed by atoms with Crippen LogP contribution in [0.3, 0.4) is 0 Å². The molecule has 6 heteroatoms. The number of aliphatic hydroxyl groups is 4. The highest BCUT2D eigenvalue weighted by Crippen LogP contribution is 2.18. The molecule has 0 saturated heterocycles. The normalized spacial score (nSPS) is 14.0. The molecule has 0 aromatic rings. The topological polar surface area (TPSA) is 110 Å². The molecule has 434 valence electrons. The summed E-state index contributed by atoms with van der Waals surface area (Å²) in [6.45, 7) is 4.07. The van der Waals surface area contributed by atoms with Gasteiger partial charge < -0.3 is 25.7 Å². The fourth-order valence-corrected chi connectivity index (χ4v) is 10.1. The zero-order chi connectivity index (χ0) is 53.7. The first-order valence-corrected chi connectivity index (χ1v) is 32.7. The summed E-state index contributed by atoms with van der Waals surface area (Å²) in [5, 5.41) is 44.1. The molecule has 4 atom stereocenters. The van der Waals surface area contributed by atoms with Crippen molar-refractivity contribution in [3.8, 4) is 0 Å². The van der Waals surface area contributed by atoms with E-state index in [2.05, 4.69) is 79.9 Å². The molecule has 0 aliphatic rings. The maximum atomic E-state index is 12.6. The summed E-state index contributed by atoms with van der Waals surface area (Å²) >= 11 is 0. The summed E-state index contributed by atoms with van der Waals surface area (Å²) in [5.74, 6) is -0.597. The van der Waals surface area contributed by atoms with Crippen LogP contribution < -0.4 is 5.32 Å². The average Bonchev–Trinajstić information content (AvgIpc) is 3.41. The van der Waals surface area contributed by atoms with Crippen LogP contribution >= 0.6 is 0 Å². The first-order valence-electron chi connectivity index (χ1n) is 32.7. The quantitative estimate of drug-likeness (QED) is 0.0308. The predicted octanol–water partition coefficient (Wildman–Crippen LogP) is 19.9. The summed E-state index contributed by atoms with van der Waals surface area (Å²) in [5.41, 5.74) is 0. The third-order valence-electron chi connectivity index (χ3n) is 15.2. The van der Waals surface area contributed by atoms with Gasteiger partial charge in [-0.05, 0) is 96.3 Å². The van der Waals surface area contributed by atoms with Crippen LogP contribution in [0.5, 0.6) is 0 Å². The van der Waals surface area contributed by atoms with Crippen LogP contribution in [0.2, 0.25) is 0 Å². The van der Waals surface area contributed by atoms with Gasteiger partial charge in [0.1, 0.15) is 12.2 Å². The molecular weight excluding hydrogens is 911 g/mol. The zero-order valence-electron chi connectivity index (χ0n) is 49.3. The standard InChI is InChI=1S/C68H127NO5/c1-3-5-7-9-11-13-15-17-19-21-23-25-27-29-30-31-32-33-34-35-36-37-38-40-42-44-46-48-50-52-54-56-58-60-62-66(72)68(74)69-64(63-70)67(73)65(71)61-59-57-55-53-51-49-47-45-43-41-39-28-26-24-22-20-18-16-14-12-10-8-6-4-2/h27-29,31-32,39,45,47,53,55,64-67,70-73H,3-26,30,33-38,40-44,46,48-52,54,56-63H2,1-2H3,(H,69,74)/b29-27-,32-31-,39-28+,47-45+,55-53+. The number of amides is 1. The summed E-state index contributed by atoms with van der Waals surface area (Å²) in [6, 6.07) is -1.01. The number of hydrogen-bond acceptors (Lipinski definition) is 5. The third kappa shape index (κ3) is 54.8. The van der Waals surface area contributed by atoms with Crippen molar-refractivity contribution in [3.05, 3.63) is 60.8 Å². The van der Waals surface area contributed by atoms with E-state index in [0.717, 1.165) is 57.8 Å². The summed E-state index contributed by atoms with van der Waals surface area (Å²) in [6.07, 6.45) is 81.8. The zero-order valence-corrected chi connectivity index (χ0v) is 49.3. The fourth-order valence-electron chi connectivity index (χ4n) is 10.1. The van der Waals surface area contributed by atoms with Gasteiger partial charge in [-0.25, -0.2) is 0 Å². The second-order valence-electron chi connectivity index (χ2n) is 22.4. The molecule has 0 spiro atoms. The highest BCUT2D eigenvalue weighted by molar-refractivity contribution is 5.80. The van der Waals surface area contributed by atoms with Gasteiger partial charge in [0, 0.05) is 0 Å². The molecule has 5 N–H and O–H groups in total. The molecule has 0 fully saturated rings. The van der Waals surface area contributed by atoms with Gasteiger partial charge in [-0.15, -0.1) is 0 Å². The number of carbonyl (C=O) groups excluding carboxylic acids is 1. The molecule has 0 aromatic heterocycles. The molecule has 0 radical (unpaired) electrons. The van der Waals surface area contributed by atoms with Crippen LogP contribution in [0.4, 0.5) is 0 Å². The van der Waals surface area contributed by atoms with Crippen LogP contribution in [-0.4, -0.2) is 57.3 Å². The Hall–Kier alpha value is -1.99. The summed E-state index contributed by atoms with van der Waals surface area (Å²) in [7, 11) is 0. The number of rotatable bonds is 60. The van der Waals surface area contributed by atoms with Crippen LogP contribution in [0, 0.1) is 0 Å². The van der Waals surface area contributed by atoms with Gasteiger partial charge in [-0.3, -0.25) is 4.79 Å². The van der Waals surface area contributed by atoms with Gasteiger partial charge in [0.25, 0.3) is 0 Å². The molecule has 0 bridgehead atoms. The van der Waals surface area contributed by atoms with E-state index in [4.69, 9.17) is 0 Å². The van der Waals surface area contributed by atoms with Crippen molar-refractivity contribution >= 4 is 5.91 Å². The monoisotopic (exact) mass is 1040 g/mol. The second kappa shape index (κ2) is 61.9. The SMILES string of the molecule is CCCCCCCCCCCCC/C=C\C/C=C\CCCCCCCCCCCCCCCCCCC(O)C(=O)NC(CO)C(O)C(O)CCC/C=C/CC/C=C/CC/C=C/CCCCCCCCCCCCC. The predicted molar refractivity (Wildman–Crippen MR) is 325 cm³/mol. The number of hydrogen-bond donors (Lipinski definition) is 5. The van der Waals surface area contributed by atoms with Crippen molar-refractivity contribution in [2.24, 2.45) is 0 Å². The Balaban J connectivity index is 3.64. The smallest absolute Gasteiger partial charge is 0.249 e. The van der Waals surface area contributed by atoms with Crippen molar-refractivity contribution in [3.63, 3.8) is 0 Å². The van der Waals surface area contributed by atoms with Gasteiger partial charge in [0.15, 0.2) is 0 Å². The number of carbonyl (C=O) groups is 1. The third-order valence-corrected chi connectivity index (χ3v) is 15.2. The number of nitrogens with one attached hydrogen (secondary N) is 1. The van der Waals surface area contributed by atoms with Gasteiger partial charge in [-0.2, -0.15) is 0 Å². The molecule has 6 nitrogen and oxygen atoms in total. The fraction of sp³-hybridized carbons (Fsp3) is 0.838. The first-order chi connectivity index (χ1) is 36.5. The lowest BCUT2D eigenvalue weighted by Gasteiger charge is -2.27. The molecule has 0 aliphatic heterocycles. The average molecular weight is 1040 g/mol. The molecule has 0 saturated carbocycles. The Morgan fingerprint density at radius 3 is 0.932 bits per heavy atom. The van der Waals surface area contributed by atoms with Crippen LogP contribution in [0.15, 0.2) is 60.8 Å². The highest BCUT2D eigenvalue weighted by atomic mass is 16.3. The molecule has 0 rings (SSSR count). The Kier molecular flexibility index (Phi) is 60.2. The largest absolute Gasteiger partial charge is 0.394 e. The molecule has 1 amide bonds. The maximum absolute atomic E-state index is 12.6. The van der Waals surface area contributed by atoms with E-state index in [0.29, 0.717) is 19.3 Å². The first kappa shape index (κ1) is 72.0. The Bertz CT molecular complexity index is 1260. The van der Waals surface area contributed by atoms with Crippen molar-refractivity contribution in [1.82, 2.24) is 5.32 Å². The lowest BCUT2D eigenvalue weighted by Crippen LogP contribution is -2.53. The van der Waals surface area contributed by atoms with E-state index in [1.165, 1.54) is 244 Å². The Labute approximate surface area is 461 Å². The van der Waals surface area contributed by atoms with Crippen molar-refractivity contribution in [1.29, 1.82) is 0 Å². The molecular formula is C68H127NO5. The lowest BCUT2D eigenvalue weighted by molar-refractivity contribution is -0.132. The number of allylic oxidation sites excluding steroid dienone is 10. The van der Waals surface area contributed by atoms with E-state index in [-0.39, 0.29) is 0 Å². The Morgan fingerprint density at radius 1 is 0.338 bits per heavy atom. The van der Waals surface area contributed by atoms with Crippen molar-refractivity contribution < 1.29 is 25.2 Å². The maximum Gasteiger partial charge on any atom is 0.249 e. The summed E-state index contributed by atoms with van der Waals surface area (Å²) < 4.78 is 0. The summed E-state index contributed by atoms with van der Waals surface area (Å²) in [4.78, 5) is 12.6. The van der Waals surface area contributed by atoms with E-state index < -0.39 is 36.9 Å². The number of aliphatic hydroxyl groups excluding tert-OH is 4. The van der Waals surface area contributed by atoms with E-state index in [1.807, 2.05) is 0 Å². The molecule has 0 aliphatic carbocycles. The van der Waals surface area contributed by atoms with Crippen molar-refractivity contribution in [2.45, 2.75) is 359 Å². The van der Waals surface area contributed by atoms with Gasteiger partial charge >= 0.3 is 0 Å². The van der Waals surface area contributed by atoms with Gasteiger partial charge in [0.2, 0.25) is 5.91 Å². The molecule has 74 heavy (non-hydrogen) atoms. The lowest BCUT2D eigenvalue weighted by atomic mass is 10.00. The molecule has 0 heterocycles. The minimum atomic E-state index is -1.30. The highest BCUT2D eigenvalue weighted by Gasteiger charge is 2.28. The van der Waals surface area contributed by atoms with Crippen LogP contribution in [0.25, 0.3) is 0 Å². The van der Waals surface area contributed by atoms with Gasteiger partial charge in [-0.1, -0.05) is 299 Å². The Morgan fingerprint density at radius 2 is 0.608 bits per heavy atom. The molecule has 4 unspecified atom stereocenters. The number of unbranched alkanes of at least 4 members (excludes halogenated alkanes) is 41. The van der Waals surface area contributed by atoms with E-state index >= 15 is 0 Å². The van der Waals surface area contributed by atoms with E-state index in [1.54, 1.807) is 0 Å². The van der Waals surface area contributed by atoms with Crippen LogP contribution in [-0.2, 0) is 4.79 Å². The minimum absolute atomic E-state index is 0.358. The van der Waals surface area contributed by atoms with Gasteiger partial charge in [0.05, 0.1) is 18.8 Å². The van der Waals surface area contributed by atoms with Crippen molar-refractivity contribution in [2.75, 3.05) is 6.61 Å². The van der Waals surface area contributed by atoms with E-state index in [9.17, 15) is 25.2 Å². The van der Waals surface area contributed by atoms with Crippen LogP contribution in [0.1, 0.15) is 335 Å². The minimum Gasteiger partial charge on any atom is -0.394 e. The second-order valence-corrected chi connectivity index (χ2v) is 22.4.